The van der Waals surface area contributed by atoms with Crippen molar-refractivity contribution in [3.8, 4) is 11.1 Å². The largest absolute Gasteiger partial charge is 0.0654 e. The van der Waals surface area contributed by atoms with Crippen molar-refractivity contribution < 1.29 is 0 Å². The zero-order chi connectivity index (χ0) is 16.6. The Morgan fingerprint density at radius 3 is 2.12 bits per heavy atom. The molecule has 0 spiro atoms. The first kappa shape index (κ1) is 17.3. The Labute approximate surface area is 148 Å². The second-order valence-electron chi connectivity index (χ2n) is 7.36. The Kier molecular flexibility index (Phi) is 6.52. The van der Waals surface area contributed by atoms with E-state index in [4.69, 9.17) is 0 Å². The van der Waals surface area contributed by atoms with Gasteiger partial charge in [0.1, 0.15) is 0 Å². The van der Waals surface area contributed by atoms with Gasteiger partial charge in [-0.05, 0) is 47.1 Å². The minimum absolute atomic E-state index is 1.12. The molecule has 0 unspecified atom stereocenters. The average molecular weight is 321 g/mol. The van der Waals surface area contributed by atoms with Crippen molar-refractivity contribution in [1.29, 1.82) is 0 Å². The van der Waals surface area contributed by atoms with Gasteiger partial charge in [-0.25, -0.2) is 0 Å². The van der Waals surface area contributed by atoms with E-state index in [9.17, 15) is 0 Å². The fraction of sp³-hybridized carbons (Fsp3) is 0.500. The molecule has 0 heterocycles. The summed E-state index contributed by atoms with van der Waals surface area (Å²) < 4.78 is 0. The second-order valence-corrected chi connectivity index (χ2v) is 7.36. The standard InChI is InChI=1S/C24H32/c1-2-3-4-5-6-7-8-9-10-14-20-16-13-17-22-19-21-15-11-12-18-23(21)24(20)22/h11-13,15-18H,2-10,14,19H2,1H3. The van der Waals surface area contributed by atoms with Gasteiger partial charge in [-0.2, -0.15) is 0 Å². The Morgan fingerprint density at radius 1 is 0.667 bits per heavy atom. The number of hydrogen-bond donors (Lipinski definition) is 0. The van der Waals surface area contributed by atoms with E-state index in [0.717, 1.165) is 6.42 Å². The van der Waals surface area contributed by atoms with Crippen molar-refractivity contribution in [1.82, 2.24) is 0 Å². The van der Waals surface area contributed by atoms with Crippen LogP contribution in [0, 0.1) is 0 Å². The summed E-state index contributed by atoms with van der Waals surface area (Å²) in [7, 11) is 0. The van der Waals surface area contributed by atoms with Crippen LogP contribution in [0.3, 0.4) is 0 Å². The second kappa shape index (κ2) is 9.06. The van der Waals surface area contributed by atoms with Gasteiger partial charge in [0.2, 0.25) is 0 Å². The predicted molar refractivity (Wildman–Crippen MR) is 106 cm³/mol. The number of rotatable bonds is 10. The van der Waals surface area contributed by atoms with Crippen LogP contribution < -0.4 is 0 Å². The van der Waals surface area contributed by atoms with Crippen LogP contribution in [-0.2, 0) is 12.8 Å². The molecule has 0 atom stereocenters. The van der Waals surface area contributed by atoms with Gasteiger partial charge in [-0.15, -0.1) is 0 Å². The fourth-order valence-electron chi connectivity index (χ4n) is 4.10. The highest BCUT2D eigenvalue weighted by atomic mass is 14.2. The van der Waals surface area contributed by atoms with Crippen LogP contribution in [0.15, 0.2) is 42.5 Å². The molecule has 2 aromatic rings. The maximum absolute atomic E-state index is 2.35. The first-order valence-corrected chi connectivity index (χ1v) is 10.1. The predicted octanol–water partition coefficient (Wildman–Crippen LogP) is 7.33. The van der Waals surface area contributed by atoms with Crippen LogP contribution >= 0.6 is 0 Å². The first-order valence-electron chi connectivity index (χ1n) is 10.1. The number of aryl methyl sites for hydroxylation is 1. The third-order valence-corrected chi connectivity index (χ3v) is 5.45. The first-order chi connectivity index (χ1) is 11.9. The Hall–Kier alpha value is -1.56. The smallest absolute Gasteiger partial charge is 0.00134 e. The van der Waals surface area contributed by atoms with Crippen LogP contribution in [0.1, 0.15) is 81.4 Å². The summed E-state index contributed by atoms with van der Waals surface area (Å²) in [6.07, 6.45) is 15.0. The SMILES string of the molecule is CCCCCCCCCCCc1cccc2c1-c1ccccc1C2. The van der Waals surface area contributed by atoms with E-state index in [2.05, 4.69) is 49.4 Å². The number of unbranched alkanes of at least 4 members (excludes halogenated alkanes) is 8. The quantitative estimate of drug-likeness (QED) is 0.343. The van der Waals surface area contributed by atoms with Crippen LogP contribution in [0.4, 0.5) is 0 Å². The van der Waals surface area contributed by atoms with E-state index in [0.29, 0.717) is 0 Å². The van der Waals surface area contributed by atoms with Gasteiger partial charge in [-0.1, -0.05) is 101 Å². The van der Waals surface area contributed by atoms with E-state index in [1.54, 1.807) is 11.1 Å². The van der Waals surface area contributed by atoms with E-state index in [-0.39, 0.29) is 0 Å². The van der Waals surface area contributed by atoms with Gasteiger partial charge in [0.15, 0.2) is 0 Å². The Balaban J connectivity index is 1.46. The van der Waals surface area contributed by atoms with Gasteiger partial charge >= 0.3 is 0 Å². The van der Waals surface area contributed by atoms with E-state index >= 15 is 0 Å². The lowest BCUT2D eigenvalue weighted by Crippen LogP contribution is -1.92. The zero-order valence-electron chi connectivity index (χ0n) is 15.3. The molecule has 24 heavy (non-hydrogen) atoms. The average Bonchev–Trinajstić information content (AvgIpc) is 2.99. The summed E-state index contributed by atoms with van der Waals surface area (Å²) >= 11 is 0. The summed E-state index contributed by atoms with van der Waals surface area (Å²) in [5.74, 6) is 0. The monoisotopic (exact) mass is 320 g/mol. The molecule has 0 radical (unpaired) electrons. The molecule has 0 aliphatic heterocycles. The maximum Gasteiger partial charge on any atom is -0.00134 e. The molecule has 2 aromatic carbocycles. The highest BCUT2D eigenvalue weighted by molar-refractivity contribution is 5.79. The van der Waals surface area contributed by atoms with Crippen molar-refractivity contribution >= 4 is 0 Å². The lowest BCUT2D eigenvalue weighted by molar-refractivity contribution is 0.565. The highest BCUT2D eigenvalue weighted by Gasteiger charge is 2.20. The summed E-state index contributed by atoms with van der Waals surface area (Å²) in [5, 5.41) is 0. The minimum Gasteiger partial charge on any atom is -0.0654 e. The van der Waals surface area contributed by atoms with Crippen molar-refractivity contribution in [3.05, 3.63) is 59.2 Å². The fourth-order valence-corrected chi connectivity index (χ4v) is 4.10. The molecule has 1 aliphatic rings. The van der Waals surface area contributed by atoms with E-state index in [1.165, 1.54) is 80.9 Å². The maximum atomic E-state index is 2.35. The Morgan fingerprint density at radius 2 is 1.33 bits per heavy atom. The number of hydrogen-bond acceptors (Lipinski definition) is 0. The van der Waals surface area contributed by atoms with Gasteiger partial charge < -0.3 is 0 Å². The van der Waals surface area contributed by atoms with Crippen LogP contribution in [0.5, 0.6) is 0 Å². The van der Waals surface area contributed by atoms with Crippen molar-refractivity contribution in [2.75, 3.05) is 0 Å². The number of benzene rings is 2. The summed E-state index contributed by atoms with van der Waals surface area (Å²) in [5.41, 5.74) is 7.64. The van der Waals surface area contributed by atoms with Gasteiger partial charge in [-0.3, -0.25) is 0 Å². The van der Waals surface area contributed by atoms with E-state index < -0.39 is 0 Å². The Bertz CT molecular complexity index is 638. The third kappa shape index (κ3) is 4.29. The molecule has 0 saturated heterocycles. The lowest BCUT2D eigenvalue weighted by atomic mass is 9.95. The molecule has 128 valence electrons. The van der Waals surface area contributed by atoms with Gasteiger partial charge in [0.05, 0.1) is 0 Å². The minimum atomic E-state index is 1.12. The molecule has 0 amide bonds. The molecule has 0 saturated carbocycles. The lowest BCUT2D eigenvalue weighted by Gasteiger charge is -2.10. The molecule has 1 aliphatic carbocycles. The van der Waals surface area contributed by atoms with Crippen LogP contribution in [0.25, 0.3) is 11.1 Å². The highest BCUT2D eigenvalue weighted by Crippen LogP contribution is 2.39. The van der Waals surface area contributed by atoms with Crippen molar-refractivity contribution in [2.24, 2.45) is 0 Å². The van der Waals surface area contributed by atoms with Crippen LogP contribution in [-0.4, -0.2) is 0 Å². The molecular formula is C24H32. The van der Waals surface area contributed by atoms with Crippen LogP contribution in [0.2, 0.25) is 0 Å². The van der Waals surface area contributed by atoms with Gasteiger partial charge in [0.25, 0.3) is 0 Å². The number of fused-ring (bicyclic) bond motifs is 3. The molecule has 0 fully saturated rings. The molecule has 3 rings (SSSR count). The van der Waals surface area contributed by atoms with Gasteiger partial charge in [0, 0.05) is 0 Å². The molecule has 0 bridgehead atoms. The molecule has 0 aromatic heterocycles. The zero-order valence-corrected chi connectivity index (χ0v) is 15.3. The molecule has 0 heteroatoms. The summed E-state index contributed by atoms with van der Waals surface area (Å²) in [4.78, 5) is 0. The van der Waals surface area contributed by atoms with Crippen molar-refractivity contribution in [3.63, 3.8) is 0 Å². The normalized spacial score (nSPS) is 12.2. The van der Waals surface area contributed by atoms with Crippen molar-refractivity contribution in [2.45, 2.75) is 77.6 Å². The topological polar surface area (TPSA) is 0 Å². The molecule has 0 N–H and O–H groups in total. The summed E-state index contributed by atoms with van der Waals surface area (Å²) in [6, 6.07) is 15.9. The summed E-state index contributed by atoms with van der Waals surface area (Å²) in [6.45, 7) is 2.29. The molecular weight excluding hydrogens is 288 g/mol. The molecule has 0 nitrogen and oxygen atoms in total. The van der Waals surface area contributed by atoms with E-state index in [1.807, 2.05) is 0 Å². The third-order valence-electron chi connectivity index (χ3n) is 5.45.